The van der Waals surface area contributed by atoms with Crippen molar-refractivity contribution in [3.05, 3.63) is 71.8 Å². The van der Waals surface area contributed by atoms with Crippen molar-refractivity contribution < 1.29 is 32.2 Å². The van der Waals surface area contributed by atoms with Crippen molar-refractivity contribution in [1.29, 1.82) is 0 Å². The average Bonchev–Trinajstić information content (AvgIpc) is 2.75. The first-order valence-corrected chi connectivity index (χ1v) is 9.49. The average molecular weight is 448 g/mol. The number of hydrogen-bond acceptors (Lipinski definition) is 4. The first kappa shape index (κ1) is 24.5. The highest BCUT2D eigenvalue weighted by molar-refractivity contribution is 6.03. The van der Waals surface area contributed by atoms with Crippen molar-refractivity contribution >= 4 is 23.6 Å². The third-order valence-electron chi connectivity index (χ3n) is 4.18. The van der Waals surface area contributed by atoms with E-state index in [4.69, 9.17) is 9.47 Å². The van der Waals surface area contributed by atoms with Gasteiger partial charge in [-0.05, 0) is 48.4 Å². The van der Waals surface area contributed by atoms with E-state index in [-0.39, 0.29) is 5.56 Å². The molecular formula is C23H23F3N2O4. The Morgan fingerprint density at radius 1 is 1.12 bits per heavy atom. The van der Waals surface area contributed by atoms with Crippen LogP contribution in [0.15, 0.2) is 55.1 Å². The number of benzene rings is 2. The van der Waals surface area contributed by atoms with E-state index < -0.39 is 24.5 Å². The first-order valence-electron chi connectivity index (χ1n) is 9.49. The van der Waals surface area contributed by atoms with Crippen LogP contribution in [0.5, 0.6) is 11.5 Å². The largest absolute Gasteiger partial charge is 0.493 e. The number of rotatable bonds is 9. The lowest BCUT2D eigenvalue weighted by Gasteiger charge is -2.11. The van der Waals surface area contributed by atoms with Gasteiger partial charge in [-0.15, -0.1) is 0 Å². The van der Waals surface area contributed by atoms with Gasteiger partial charge < -0.3 is 20.1 Å². The Bertz CT molecular complexity index is 1020. The Morgan fingerprint density at radius 3 is 2.53 bits per heavy atom. The van der Waals surface area contributed by atoms with Crippen molar-refractivity contribution in [2.45, 2.75) is 13.1 Å². The molecule has 0 heterocycles. The van der Waals surface area contributed by atoms with Crippen LogP contribution >= 0.6 is 0 Å². The molecule has 2 rings (SSSR count). The number of methoxy groups -OCH3 is 1. The van der Waals surface area contributed by atoms with Crippen LogP contribution in [-0.4, -0.2) is 38.3 Å². The molecule has 0 aromatic heterocycles. The van der Waals surface area contributed by atoms with E-state index in [2.05, 4.69) is 11.9 Å². The summed E-state index contributed by atoms with van der Waals surface area (Å²) in [4.78, 5) is 24.3. The second kappa shape index (κ2) is 11.0. The Balaban J connectivity index is 2.08. The van der Waals surface area contributed by atoms with Crippen molar-refractivity contribution in [2.75, 3.05) is 25.6 Å². The summed E-state index contributed by atoms with van der Waals surface area (Å²) in [5, 5.41) is 4.42. The molecule has 2 amide bonds. The van der Waals surface area contributed by atoms with E-state index in [0.717, 1.165) is 0 Å². The number of anilines is 1. The van der Waals surface area contributed by atoms with Gasteiger partial charge in [-0.25, -0.2) is 0 Å². The molecule has 0 spiro atoms. The summed E-state index contributed by atoms with van der Waals surface area (Å²) in [7, 11) is 1.50. The smallest absolute Gasteiger partial charge is 0.405 e. The summed E-state index contributed by atoms with van der Waals surface area (Å²) in [6.07, 6.45) is -0.0609. The van der Waals surface area contributed by atoms with Gasteiger partial charge in [0.2, 0.25) is 5.91 Å². The zero-order valence-electron chi connectivity index (χ0n) is 17.6. The van der Waals surface area contributed by atoms with E-state index in [0.29, 0.717) is 34.9 Å². The van der Waals surface area contributed by atoms with Gasteiger partial charge in [0.25, 0.3) is 5.91 Å². The van der Waals surface area contributed by atoms with Crippen LogP contribution in [0.3, 0.4) is 0 Å². The SMILES string of the molecule is C=CCOc1ccc(/C=C/C(=O)Nc2cc(C(=O)NCC(F)(F)F)ccc2C)cc1OC. The molecular weight excluding hydrogens is 425 g/mol. The van der Waals surface area contributed by atoms with E-state index in [1.165, 1.54) is 31.4 Å². The number of amides is 2. The Morgan fingerprint density at radius 2 is 1.88 bits per heavy atom. The second-order valence-electron chi connectivity index (χ2n) is 6.66. The molecule has 2 N–H and O–H groups in total. The number of aryl methyl sites for hydroxylation is 1. The molecule has 0 aliphatic carbocycles. The third-order valence-corrected chi connectivity index (χ3v) is 4.18. The van der Waals surface area contributed by atoms with Gasteiger partial charge in [-0.3, -0.25) is 9.59 Å². The molecule has 6 nitrogen and oxygen atoms in total. The molecule has 0 atom stereocenters. The number of carbonyl (C=O) groups is 2. The molecule has 32 heavy (non-hydrogen) atoms. The zero-order valence-corrected chi connectivity index (χ0v) is 17.6. The number of ether oxygens (including phenoxy) is 2. The molecule has 9 heteroatoms. The third kappa shape index (κ3) is 7.50. The lowest BCUT2D eigenvalue weighted by Crippen LogP contribution is -2.33. The molecule has 2 aromatic rings. The van der Waals surface area contributed by atoms with Crippen molar-refractivity contribution in [3.63, 3.8) is 0 Å². The second-order valence-corrected chi connectivity index (χ2v) is 6.66. The van der Waals surface area contributed by atoms with Crippen LogP contribution in [0, 0.1) is 6.92 Å². The van der Waals surface area contributed by atoms with Gasteiger partial charge in [0.05, 0.1) is 7.11 Å². The summed E-state index contributed by atoms with van der Waals surface area (Å²) >= 11 is 0. The Hall–Kier alpha value is -3.75. The highest BCUT2D eigenvalue weighted by atomic mass is 19.4. The Labute approximate surface area is 183 Å². The number of hydrogen-bond donors (Lipinski definition) is 2. The highest BCUT2D eigenvalue weighted by Crippen LogP contribution is 2.28. The maximum absolute atomic E-state index is 12.3. The van der Waals surface area contributed by atoms with E-state index in [9.17, 15) is 22.8 Å². The maximum Gasteiger partial charge on any atom is 0.405 e. The van der Waals surface area contributed by atoms with Gasteiger partial charge in [0, 0.05) is 17.3 Å². The van der Waals surface area contributed by atoms with Crippen LogP contribution in [0.25, 0.3) is 6.08 Å². The summed E-state index contributed by atoms with van der Waals surface area (Å²) in [6.45, 7) is 4.16. The monoisotopic (exact) mass is 448 g/mol. The predicted molar refractivity (Wildman–Crippen MR) is 116 cm³/mol. The van der Waals surface area contributed by atoms with E-state index in [1.54, 1.807) is 42.6 Å². The molecule has 0 bridgehead atoms. The molecule has 0 saturated carbocycles. The molecule has 0 fully saturated rings. The number of nitrogens with one attached hydrogen (secondary N) is 2. The van der Waals surface area contributed by atoms with E-state index >= 15 is 0 Å². The lowest BCUT2D eigenvalue weighted by molar-refractivity contribution is -0.123. The zero-order chi connectivity index (χ0) is 23.7. The van der Waals surface area contributed by atoms with Gasteiger partial charge >= 0.3 is 6.18 Å². The van der Waals surface area contributed by atoms with E-state index in [1.807, 2.05) is 0 Å². The number of halogens is 3. The molecule has 0 aliphatic heterocycles. The summed E-state index contributed by atoms with van der Waals surface area (Å²) in [5.41, 5.74) is 1.63. The summed E-state index contributed by atoms with van der Waals surface area (Å²) in [5.74, 6) is -0.348. The van der Waals surface area contributed by atoms with Gasteiger partial charge in [0.15, 0.2) is 11.5 Å². The quantitative estimate of drug-likeness (QED) is 0.437. The molecule has 0 saturated heterocycles. The van der Waals surface area contributed by atoms with Crippen molar-refractivity contribution in [3.8, 4) is 11.5 Å². The van der Waals surface area contributed by atoms with Gasteiger partial charge in [-0.1, -0.05) is 24.8 Å². The number of carbonyl (C=O) groups excluding carboxylic acids is 2. The van der Waals surface area contributed by atoms with Crippen LogP contribution < -0.4 is 20.1 Å². The summed E-state index contributed by atoms with van der Waals surface area (Å²) in [6, 6.07) is 9.37. The minimum Gasteiger partial charge on any atom is -0.493 e. The van der Waals surface area contributed by atoms with Gasteiger partial charge in [-0.2, -0.15) is 13.2 Å². The molecule has 0 radical (unpaired) electrons. The minimum absolute atomic E-state index is 0.000945. The normalized spacial score (nSPS) is 11.2. The molecule has 0 aliphatic rings. The lowest BCUT2D eigenvalue weighted by atomic mass is 10.1. The van der Waals surface area contributed by atoms with Crippen molar-refractivity contribution in [2.24, 2.45) is 0 Å². The standard InChI is InChI=1S/C23H23F3N2O4/c1-4-11-32-19-9-6-16(12-20(19)31-3)7-10-21(29)28-18-13-17(8-5-15(18)2)22(30)27-14-23(24,25)26/h4-10,12-13H,1,11,14H2,2-3H3,(H,27,30)(H,28,29)/b10-7+. The van der Waals surface area contributed by atoms with Gasteiger partial charge in [0.1, 0.15) is 13.2 Å². The number of alkyl halides is 3. The Kier molecular flexibility index (Phi) is 8.46. The minimum atomic E-state index is -4.51. The van der Waals surface area contributed by atoms with Crippen molar-refractivity contribution in [1.82, 2.24) is 5.32 Å². The first-order chi connectivity index (χ1) is 15.1. The fourth-order valence-corrected chi connectivity index (χ4v) is 2.58. The van der Waals surface area contributed by atoms with Crippen LogP contribution in [0.4, 0.5) is 18.9 Å². The topological polar surface area (TPSA) is 76.7 Å². The molecule has 170 valence electrons. The maximum atomic E-state index is 12.3. The van der Waals surface area contributed by atoms with Crippen LogP contribution in [-0.2, 0) is 4.79 Å². The molecule has 2 aromatic carbocycles. The fourth-order valence-electron chi connectivity index (χ4n) is 2.58. The predicted octanol–water partition coefficient (Wildman–Crippen LogP) is 4.51. The van der Waals surface area contributed by atoms with Crippen LogP contribution in [0.1, 0.15) is 21.5 Å². The molecule has 0 unspecified atom stereocenters. The fraction of sp³-hybridized carbons (Fsp3) is 0.217. The van der Waals surface area contributed by atoms with Crippen LogP contribution in [0.2, 0.25) is 0 Å². The highest BCUT2D eigenvalue weighted by Gasteiger charge is 2.28. The summed E-state index contributed by atoms with van der Waals surface area (Å²) < 4.78 is 47.6.